The van der Waals surface area contributed by atoms with Crippen molar-refractivity contribution >= 4 is 23.2 Å². The van der Waals surface area contributed by atoms with Crippen LogP contribution < -0.4 is 10.6 Å². The van der Waals surface area contributed by atoms with E-state index < -0.39 is 0 Å². The Balaban J connectivity index is 2.11. The summed E-state index contributed by atoms with van der Waals surface area (Å²) >= 11 is 0. The largest absolute Gasteiger partial charge is 0.339 e. The molecule has 19 heavy (non-hydrogen) atoms. The molecule has 0 saturated heterocycles. The third-order valence-electron chi connectivity index (χ3n) is 2.23. The quantitative estimate of drug-likeness (QED) is 0.873. The Bertz CT molecular complexity index is 630. The van der Waals surface area contributed by atoms with E-state index in [9.17, 15) is 4.79 Å². The number of carbonyl (C=O) groups excluding carboxylic acids is 1. The fourth-order valence-corrected chi connectivity index (χ4v) is 1.46. The van der Waals surface area contributed by atoms with E-state index >= 15 is 0 Å². The third kappa shape index (κ3) is 3.51. The first-order valence-corrected chi connectivity index (χ1v) is 5.56. The number of aromatic nitrogens is 2. The van der Waals surface area contributed by atoms with Gasteiger partial charge in [0.25, 0.3) is 0 Å². The van der Waals surface area contributed by atoms with Gasteiger partial charge in [-0.15, -0.1) is 10.2 Å². The van der Waals surface area contributed by atoms with Crippen LogP contribution in [0.4, 0.5) is 17.3 Å². The summed E-state index contributed by atoms with van der Waals surface area (Å²) in [4.78, 5) is 10.8. The molecule has 1 aromatic carbocycles. The molecule has 1 heterocycles. The van der Waals surface area contributed by atoms with E-state index in [0.29, 0.717) is 17.2 Å². The van der Waals surface area contributed by atoms with E-state index in [1.165, 1.54) is 6.92 Å². The average molecular weight is 253 g/mol. The van der Waals surface area contributed by atoms with Crippen LogP contribution in [0.2, 0.25) is 0 Å². The van der Waals surface area contributed by atoms with Gasteiger partial charge < -0.3 is 10.6 Å². The topological polar surface area (TPSA) is 90.7 Å². The molecule has 0 spiro atoms. The van der Waals surface area contributed by atoms with Crippen molar-refractivity contribution in [2.75, 3.05) is 10.6 Å². The second kappa shape index (κ2) is 5.60. The molecule has 2 rings (SSSR count). The van der Waals surface area contributed by atoms with Gasteiger partial charge in [-0.05, 0) is 30.3 Å². The summed E-state index contributed by atoms with van der Waals surface area (Å²) in [5, 5.41) is 22.1. The van der Waals surface area contributed by atoms with E-state index in [-0.39, 0.29) is 5.91 Å². The number of amides is 1. The fourth-order valence-electron chi connectivity index (χ4n) is 1.46. The van der Waals surface area contributed by atoms with Gasteiger partial charge in [-0.2, -0.15) is 5.26 Å². The standard InChI is InChI=1S/C13H11N5O/c1-9(19)15-12-5-6-13(18-17-12)16-11-4-2-3-10(7-11)8-14/h2-7H,1H3,(H,16,18)(H,15,17,19). The Labute approximate surface area is 110 Å². The smallest absolute Gasteiger partial charge is 0.222 e. The molecular weight excluding hydrogens is 242 g/mol. The highest BCUT2D eigenvalue weighted by atomic mass is 16.1. The van der Waals surface area contributed by atoms with Crippen LogP contribution in [-0.2, 0) is 4.79 Å². The van der Waals surface area contributed by atoms with Crippen molar-refractivity contribution in [2.24, 2.45) is 0 Å². The molecule has 6 nitrogen and oxygen atoms in total. The first-order valence-electron chi connectivity index (χ1n) is 5.56. The number of nitriles is 1. The molecule has 94 valence electrons. The summed E-state index contributed by atoms with van der Waals surface area (Å²) in [6, 6.07) is 12.4. The number of benzene rings is 1. The van der Waals surface area contributed by atoms with Crippen LogP contribution in [-0.4, -0.2) is 16.1 Å². The van der Waals surface area contributed by atoms with Crippen LogP contribution >= 0.6 is 0 Å². The predicted molar refractivity (Wildman–Crippen MR) is 70.8 cm³/mol. The monoisotopic (exact) mass is 253 g/mol. The molecule has 0 atom stereocenters. The van der Waals surface area contributed by atoms with E-state index in [2.05, 4.69) is 26.9 Å². The van der Waals surface area contributed by atoms with Gasteiger partial charge in [0.05, 0.1) is 11.6 Å². The van der Waals surface area contributed by atoms with Crippen LogP contribution in [0.15, 0.2) is 36.4 Å². The Morgan fingerprint density at radius 1 is 1.21 bits per heavy atom. The molecule has 0 unspecified atom stereocenters. The lowest BCUT2D eigenvalue weighted by Gasteiger charge is -2.05. The van der Waals surface area contributed by atoms with Gasteiger partial charge in [0.1, 0.15) is 0 Å². The number of rotatable bonds is 3. The van der Waals surface area contributed by atoms with Gasteiger partial charge in [0.2, 0.25) is 5.91 Å². The zero-order valence-corrected chi connectivity index (χ0v) is 10.2. The number of carbonyl (C=O) groups is 1. The van der Waals surface area contributed by atoms with Crippen molar-refractivity contribution in [3.05, 3.63) is 42.0 Å². The van der Waals surface area contributed by atoms with Gasteiger partial charge >= 0.3 is 0 Å². The Morgan fingerprint density at radius 2 is 1.95 bits per heavy atom. The van der Waals surface area contributed by atoms with Crippen molar-refractivity contribution in [3.63, 3.8) is 0 Å². The molecule has 2 N–H and O–H groups in total. The predicted octanol–water partition coefficient (Wildman–Crippen LogP) is 2.05. The highest BCUT2D eigenvalue weighted by molar-refractivity contribution is 5.87. The summed E-state index contributed by atoms with van der Waals surface area (Å²) in [6.45, 7) is 1.40. The molecule has 1 amide bonds. The van der Waals surface area contributed by atoms with Crippen LogP contribution in [0.3, 0.4) is 0 Å². The van der Waals surface area contributed by atoms with E-state index in [4.69, 9.17) is 5.26 Å². The minimum absolute atomic E-state index is 0.197. The lowest BCUT2D eigenvalue weighted by molar-refractivity contribution is -0.114. The maximum absolute atomic E-state index is 10.8. The zero-order chi connectivity index (χ0) is 13.7. The minimum Gasteiger partial charge on any atom is -0.339 e. The van der Waals surface area contributed by atoms with Crippen molar-refractivity contribution < 1.29 is 4.79 Å². The number of nitrogens with one attached hydrogen (secondary N) is 2. The second-order valence-corrected chi connectivity index (χ2v) is 3.80. The Kier molecular flexibility index (Phi) is 3.69. The molecule has 6 heteroatoms. The van der Waals surface area contributed by atoms with E-state index in [1.54, 1.807) is 30.3 Å². The zero-order valence-electron chi connectivity index (χ0n) is 10.2. The SMILES string of the molecule is CC(=O)Nc1ccc(Nc2cccc(C#N)c2)nn1. The number of hydrogen-bond donors (Lipinski definition) is 2. The fraction of sp³-hybridized carbons (Fsp3) is 0.0769. The van der Waals surface area contributed by atoms with Crippen molar-refractivity contribution in [1.82, 2.24) is 10.2 Å². The molecule has 0 aliphatic heterocycles. The number of nitrogens with zero attached hydrogens (tertiary/aromatic N) is 3. The minimum atomic E-state index is -0.197. The van der Waals surface area contributed by atoms with Gasteiger partial charge in [0.15, 0.2) is 11.6 Å². The van der Waals surface area contributed by atoms with E-state index in [1.807, 2.05) is 6.07 Å². The molecule has 0 aliphatic rings. The average Bonchev–Trinajstić information content (AvgIpc) is 2.41. The van der Waals surface area contributed by atoms with Gasteiger partial charge in [-0.3, -0.25) is 4.79 Å². The van der Waals surface area contributed by atoms with E-state index in [0.717, 1.165) is 5.69 Å². The number of anilines is 3. The van der Waals surface area contributed by atoms with Crippen molar-refractivity contribution in [1.29, 1.82) is 5.26 Å². The van der Waals surface area contributed by atoms with Gasteiger partial charge in [-0.25, -0.2) is 0 Å². The van der Waals surface area contributed by atoms with Gasteiger partial charge in [0, 0.05) is 12.6 Å². The maximum atomic E-state index is 10.8. The molecule has 0 radical (unpaired) electrons. The lowest BCUT2D eigenvalue weighted by atomic mass is 10.2. The molecule has 0 aliphatic carbocycles. The first kappa shape index (κ1) is 12.5. The Morgan fingerprint density at radius 3 is 2.58 bits per heavy atom. The highest BCUT2D eigenvalue weighted by Gasteiger charge is 2.00. The van der Waals surface area contributed by atoms with Crippen LogP contribution in [0.5, 0.6) is 0 Å². The third-order valence-corrected chi connectivity index (χ3v) is 2.23. The summed E-state index contributed by atoms with van der Waals surface area (Å²) in [6.07, 6.45) is 0. The molecular formula is C13H11N5O. The molecule has 0 saturated carbocycles. The molecule has 0 fully saturated rings. The summed E-state index contributed by atoms with van der Waals surface area (Å²) in [5.74, 6) is 0.727. The first-order chi connectivity index (χ1) is 9.17. The summed E-state index contributed by atoms with van der Waals surface area (Å²) in [7, 11) is 0. The van der Waals surface area contributed by atoms with Crippen molar-refractivity contribution in [2.45, 2.75) is 6.92 Å². The lowest BCUT2D eigenvalue weighted by Crippen LogP contribution is -2.08. The van der Waals surface area contributed by atoms with Crippen molar-refractivity contribution in [3.8, 4) is 6.07 Å². The Hall–Kier alpha value is -2.94. The summed E-state index contributed by atoms with van der Waals surface area (Å²) in [5.41, 5.74) is 1.31. The van der Waals surface area contributed by atoms with Crippen LogP contribution in [0.25, 0.3) is 0 Å². The number of hydrogen-bond acceptors (Lipinski definition) is 5. The second-order valence-electron chi connectivity index (χ2n) is 3.80. The highest BCUT2D eigenvalue weighted by Crippen LogP contribution is 2.15. The van der Waals surface area contributed by atoms with Crippen LogP contribution in [0, 0.1) is 11.3 Å². The summed E-state index contributed by atoms with van der Waals surface area (Å²) < 4.78 is 0. The molecule has 2 aromatic rings. The maximum Gasteiger partial charge on any atom is 0.222 e. The normalized spacial score (nSPS) is 9.47. The molecule has 1 aromatic heterocycles. The van der Waals surface area contributed by atoms with Gasteiger partial charge in [-0.1, -0.05) is 6.07 Å². The molecule has 0 bridgehead atoms. The van der Waals surface area contributed by atoms with Crippen LogP contribution in [0.1, 0.15) is 12.5 Å².